The van der Waals surface area contributed by atoms with Crippen LogP contribution < -0.4 is 0 Å². The molecule has 0 aromatic heterocycles. The molecule has 0 bridgehead atoms. The van der Waals surface area contributed by atoms with Crippen molar-refractivity contribution in [3.8, 4) is 0 Å². The van der Waals surface area contributed by atoms with Crippen molar-refractivity contribution in [2.75, 3.05) is 0 Å². The molecule has 7 heavy (non-hydrogen) atoms. The second kappa shape index (κ2) is 15.7. The minimum atomic E-state index is 0.778. The van der Waals surface area contributed by atoms with E-state index in [0.717, 1.165) is 15.4 Å². The number of unbranched alkanes of at least 4 members (excludes halogenated alkanes) is 1. The van der Waals surface area contributed by atoms with E-state index >= 15 is 0 Å². The Morgan fingerprint density at radius 1 is 1.57 bits per heavy atom. The van der Waals surface area contributed by atoms with Crippen molar-refractivity contribution in [2.45, 2.75) is 24.9 Å². The molecular weight excluding hydrogens is 117 g/mol. The molecule has 0 atom stereocenters. The van der Waals surface area contributed by atoms with Crippen molar-refractivity contribution in [3.63, 3.8) is 0 Å². The summed E-state index contributed by atoms with van der Waals surface area (Å²) < 4.78 is 0. The fourth-order valence-corrected chi connectivity index (χ4v) is 0.354. The molecule has 0 radical (unpaired) electrons. The normalized spacial score (nSPS) is 6.86. The average Bonchev–Trinajstić information content (AvgIpc) is 1.75. The summed E-state index contributed by atoms with van der Waals surface area (Å²) in [6.45, 7) is 2.21. The van der Waals surface area contributed by atoms with Crippen LogP contribution in [-0.2, 0) is 0 Å². The van der Waals surface area contributed by atoms with E-state index in [4.69, 9.17) is 10.0 Å². The molecule has 0 unspecified atom stereocenters. The van der Waals surface area contributed by atoms with Gasteiger partial charge in [0.2, 0.25) is 0 Å². The molecule has 0 saturated heterocycles. The van der Waals surface area contributed by atoms with Gasteiger partial charge in [0.15, 0.2) is 0 Å². The predicted molar refractivity (Wildman–Crippen MR) is 39.9 cm³/mol. The number of halogens is 1. The summed E-state index contributed by atoms with van der Waals surface area (Å²) in [5.41, 5.74) is 0. The number of hydrogen-bond acceptors (Lipinski definition) is 0. The van der Waals surface area contributed by atoms with Gasteiger partial charge >= 0.3 is 57.9 Å². The fraction of sp³-hybridized carbons (Fsp3) is 1.00. The van der Waals surface area contributed by atoms with Gasteiger partial charge in [0.05, 0.1) is 0 Å². The fourth-order valence-electron chi connectivity index (χ4n) is 0.354. The SMILES string of the molecule is [AlH2][Cl].[Li][CH2]CCC. The molecule has 0 aromatic rings. The first-order valence-electron chi connectivity index (χ1n) is 2.79. The molecule has 0 heterocycles. The Hall–Kier alpha value is 1.42. The third-order valence-electron chi connectivity index (χ3n) is 0.707. The Bertz CT molecular complexity index is 19.2. The molecule has 0 aliphatic carbocycles. The zero-order chi connectivity index (χ0) is 6.12. The number of rotatable bonds is 2. The first kappa shape index (κ1) is 11.2. The zero-order valence-corrected chi connectivity index (χ0v) is 8.26. The molecule has 0 saturated carbocycles. The van der Waals surface area contributed by atoms with Gasteiger partial charge in [-0.3, -0.25) is 10.0 Å². The summed E-state index contributed by atoms with van der Waals surface area (Å²) in [7, 11) is 4.78. The van der Waals surface area contributed by atoms with E-state index in [0.29, 0.717) is 0 Å². The molecule has 3 heteroatoms. The van der Waals surface area contributed by atoms with Crippen LogP contribution in [0.15, 0.2) is 0 Å². The van der Waals surface area contributed by atoms with E-state index in [2.05, 4.69) is 24.6 Å². The molecule has 0 spiro atoms. The van der Waals surface area contributed by atoms with Crippen LogP contribution >= 0.6 is 10.0 Å². The Labute approximate surface area is 67.8 Å². The van der Waals surface area contributed by atoms with Gasteiger partial charge in [-0.2, -0.15) is 0 Å². The van der Waals surface area contributed by atoms with Gasteiger partial charge in [-0.1, -0.05) is 0 Å². The quantitative estimate of drug-likeness (QED) is 0.490. The van der Waals surface area contributed by atoms with Crippen molar-refractivity contribution in [3.05, 3.63) is 0 Å². The summed E-state index contributed by atoms with van der Waals surface area (Å²) >= 11 is 2.99. The topological polar surface area (TPSA) is 0 Å². The van der Waals surface area contributed by atoms with E-state index in [1.807, 2.05) is 0 Å². The van der Waals surface area contributed by atoms with Crippen LogP contribution in [0.4, 0.5) is 0 Å². The Morgan fingerprint density at radius 3 is 2.00 bits per heavy atom. The molecular formula is C4H11AlClLi. The number of hydrogen-bond donors (Lipinski definition) is 0. The van der Waals surface area contributed by atoms with Crippen LogP contribution in [0, 0.1) is 0 Å². The molecule has 0 aliphatic heterocycles. The summed E-state index contributed by atoms with van der Waals surface area (Å²) in [4.78, 5) is 0. The van der Waals surface area contributed by atoms with Gasteiger partial charge in [0, 0.05) is 0 Å². The predicted octanol–water partition coefficient (Wildman–Crippen LogP) is 1.15. The summed E-state index contributed by atoms with van der Waals surface area (Å²) in [6.07, 6.45) is 2.73. The standard InChI is InChI=1S/C4H9.Al.ClH.Li.2H/c1-3-4-2;;;;;/h1,3-4H2,2H3;;1H;;;/q;+1;;;;/p-1. The molecule has 0 amide bonds. The van der Waals surface area contributed by atoms with E-state index in [-0.39, 0.29) is 0 Å². The van der Waals surface area contributed by atoms with Crippen LogP contribution in [0.25, 0.3) is 0 Å². The van der Waals surface area contributed by atoms with Crippen LogP contribution in [0.5, 0.6) is 0 Å². The van der Waals surface area contributed by atoms with Gasteiger partial charge in [-0.25, -0.2) is 0 Å². The molecule has 0 aliphatic rings. The Balaban J connectivity index is 0. The van der Waals surface area contributed by atoms with E-state index in [9.17, 15) is 0 Å². The summed E-state index contributed by atoms with van der Waals surface area (Å²) in [5.74, 6) is 0. The van der Waals surface area contributed by atoms with E-state index < -0.39 is 0 Å². The van der Waals surface area contributed by atoms with Gasteiger partial charge < -0.3 is 0 Å². The van der Waals surface area contributed by atoms with Gasteiger partial charge in [0.1, 0.15) is 0 Å². The molecule has 0 aromatic carbocycles. The molecule has 0 rings (SSSR count). The van der Waals surface area contributed by atoms with Gasteiger partial charge in [-0.15, -0.1) is 0 Å². The first-order chi connectivity index (χ1) is 3.41. The van der Waals surface area contributed by atoms with Crippen LogP contribution in [-0.4, -0.2) is 33.1 Å². The van der Waals surface area contributed by atoms with Crippen LogP contribution in [0.3, 0.4) is 0 Å². The van der Waals surface area contributed by atoms with Gasteiger partial charge in [-0.05, 0) is 0 Å². The Kier molecular flexibility index (Phi) is 25.2. The monoisotopic (exact) mass is 128 g/mol. The van der Waals surface area contributed by atoms with Crippen molar-refractivity contribution >= 4 is 43.1 Å². The molecule has 0 N–H and O–H groups in total. The second-order valence-corrected chi connectivity index (χ2v) is 1.35. The van der Waals surface area contributed by atoms with Crippen LogP contribution in [0.1, 0.15) is 19.8 Å². The molecule has 0 nitrogen and oxygen atoms in total. The minimum absolute atomic E-state index is 0.778. The molecule has 0 fully saturated rings. The van der Waals surface area contributed by atoms with E-state index in [1.54, 1.807) is 0 Å². The average molecular weight is 129 g/mol. The van der Waals surface area contributed by atoms with Gasteiger partial charge in [0.25, 0.3) is 0 Å². The Morgan fingerprint density at radius 2 is 2.00 bits per heavy atom. The van der Waals surface area contributed by atoms with Crippen LogP contribution in [0.2, 0.25) is 5.09 Å². The summed E-state index contributed by atoms with van der Waals surface area (Å²) in [5, 5.41) is 1.34. The van der Waals surface area contributed by atoms with Crippen molar-refractivity contribution in [1.82, 2.24) is 0 Å². The van der Waals surface area contributed by atoms with E-state index in [1.165, 1.54) is 17.9 Å². The van der Waals surface area contributed by atoms with Crippen molar-refractivity contribution in [1.29, 1.82) is 0 Å². The maximum absolute atomic E-state index is 4.78. The maximum atomic E-state index is 4.78. The third kappa shape index (κ3) is 18.6. The third-order valence-corrected chi connectivity index (χ3v) is 0.707. The van der Waals surface area contributed by atoms with Crippen molar-refractivity contribution < 1.29 is 0 Å². The van der Waals surface area contributed by atoms with Crippen molar-refractivity contribution in [2.24, 2.45) is 0 Å². The zero-order valence-electron chi connectivity index (χ0n) is 5.50. The summed E-state index contributed by atoms with van der Waals surface area (Å²) in [6, 6.07) is 0. The second-order valence-electron chi connectivity index (χ2n) is 1.35. The first-order valence-corrected chi connectivity index (χ1v) is 5.82. The molecule has 38 valence electrons.